The fourth-order valence-electron chi connectivity index (χ4n) is 3.48. The normalized spacial score (nSPS) is 19.0. The first-order valence-corrected chi connectivity index (χ1v) is 10.8. The number of hydrogen-bond donors (Lipinski definition) is 0. The lowest BCUT2D eigenvalue weighted by Crippen LogP contribution is -2.35. The molecular formula is C21H37N5O4. The molecule has 2 rings (SSSR count). The topological polar surface area (TPSA) is 89.9 Å². The minimum Gasteiger partial charge on any atom is -0.364 e. The van der Waals surface area contributed by atoms with Crippen molar-refractivity contribution in [2.75, 3.05) is 50.8 Å². The molecule has 0 atom stereocenters. The van der Waals surface area contributed by atoms with Crippen LogP contribution >= 0.6 is 0 Å². The van der Waals surface area contributed by atoms with Gasteiger partial charge in [-0.15, -0.1) is 0 Å². The lowest BCUT2D eigenvalue weighted by molar-refractivity contribution is -0.117. The lowest BCUT2D eigenvalue weighted by atomic mass is 9.82. The number of unbranched alkanes of at least 4 members (excludes halogenated alkanes) is 1. The predicted molar refractivity (Wildman–Crippen MR) is 115 cm³/mol. The van der Waals surface area contributed by atoms with E-state index in [1.165, 1.54) is 11.8 Å². The van der Waals surface area contributed by atoms with Gasteiger partial charge in [-0.05, 0) is 25.2 Å². The third kappa shape index (κ3) is 7.14. The molecule has 1 saturated carbocycles. The SMILES string of the molecule is CCCCOCN(COC)c1nc(C2CCC(C)CC2)nc(N(COC)C(C)=O)n1. The number of carbonyl (C=O) groups is 1. The van der Waals surface area contributed by atoms with Crippen LogP contribution in [0.4, 0.5) is 11.9 Å². The zero-order chi connectivity index (χ0) is 21.9. The summed E-state index contributed by atoms with van der Waals surface area (Å²) in [5.41, 5.74) is 0. The van der Waals surface area contributed by atoms with Gasteiger partial charge in [0, 0.05) is 33.7 Å². The highest BCUT2D eigenvalue weighted by molar-refractivity contribution is 5.89. The Kier molecular flexibility index (Phi) is 10.4. The highest BCUT2D eigenvalue weighted by atomic mass is 16.5. The van der Waals surface area contributed by atoms with Crippen molar-refractivity contribution in [3.63, 3.8) is 0 Å². The van der Waals surface area contributed by atoms with Crippen LogP contribution in [0.2, 0.25) is 0 Å². The molecule has 9 heteroatoms. The van der Waals surface area contributed by atoms with Crippen LogP contribution in [0.1, 0.15) is 71.0 Å². The first-order valence-electron chi connectivity index (χ1n) is 10.8. The molecule has 1 aliphatic rings. The van der Waals surface area contributed by atoms with Crippen molar-refractivity contribution in [3.8, 4) is 0 Å². The van der Waals surface area contributed by atoms with Crippen LogP contribution in [0.3, 0.4) is 0 Å². The molecule has 0 unspecified atom stereocenters. The molecular weight excluding hydrogens is 386 g/mol. The molecule has 1 heterocycles. The second-order valence-corrected chi connectivity index (χ2v) is 7.96. The number of methoxy groups -OCH3 is 2. The summed E-state index contributed by atoms with van der Waals surface area (Å²) in [4.78, 5) is 29.4. The number of nitrogens with zero attached hydrogens (tertiary/aromatic N) is 5. The van der Waals surface area contributed by atoms with Crippen LogP contribution in [0.5, 0.6) is 0 Å². The number of carbonyl (C=O) groups excluding carboxylic acids is 1. The Morgan fingerprint density at radius 3 is 2.27 bits per heavy atom. The standard InChI is InChI=1S/C21H37N5O4/c1-6-7-12-30-14-25(13-28-4)20-22-19(18-10-8-16(2)9-11-18)23-21(24-20)26(15-29-5)17(3)27/h16,18H,6-15H2,1-5H3. The van der Waals surface area contributed by atoms with E-state index in [-0.39, 0.29) is 25.3 Å². The van der Waals surface area contributed by atoms with Gasteiger partial charge in [0.1, 0.15) is 26.0 Å². The molecule has 30 heavy (non-hydrogen) atoms. The molecule has 1 aliphatic carbocycles. The molecule has 1 amide bonds. The van der Waals surface area contributed by atoms with Crippen LogP contribution in [0.25, 0.3) is 0 Å². The van der Waals surface area contributed by atoms with Crippen molar-refractivity contribution in [1.82, 2.24) is 15.0 Å². The minimum absolute atomic E-state index is 0.0806. The Morgan fingerprint density at radius 1 is 1.00 bits per heavy atom. The zero-order valence-electron chi connectivity index (χ0n) is 19.1. The maximum Gasteiger partial charge on any atom is 0.239 e. The van der Waals surface area contributed by atoms with E-state index in [0.29, 0.717) is 25.2 Å². The van der Waals surface area contributed by atoms with Gasteiger partial charge in [0.15, 0.2) is 0 Å². The second-order valence-electron chi connectivity index (χ2n) is 7.96. The van der Waals surface area contributed by atoms with Crippen molar-refractivity contribution in [3.05, 3.63) is 5.82 Å². The third-order valence-electron chi connectivity index (χ3n) is 5.35. The van der Waals surface area contributed by atoms with Gasteiger partial charge in [-0.1, -0.05) is 33.1 Å². The van der Waals surface area contributed by atoms with E-state index in [1.54, 1.807) is 14.2 Å². The molecule has 0 N–H and O–H groups in total. The second kappa shape index (κ2) is 12.8. The van der Waals surface area contributed by atoms with Crippen molar-refractivity contribution in [1.29, 1.82) is 0 Å². The molecule has 0 bridgehead atoms. The molecule has 1 aromatic rings. The molecule has 0 aliphatic heterocycles. The quantitative estimate of drug-likeness (QED) is 0.374. The highest BCUT2D eigenvalue weighted by Gasteiger charge is 2.26. The number of aromatic nitrogens is 3. The van der Waals surface area contributed by atoms with E-state index in [0.717, 1.165) is 50.3 Å². The summed E-state index contributed by atoms with van der Waals surface area (Å²) in [6, 6.07) is 0. The Balaban J connectivity index is 2.36. The molecule has 0 spiro atoms. The molecule has 1 aromatic heterocycles. The van der Waals surface area contributed by atoms with Crippen molar-refractivity contribution in [2.45, 2.75) is 65.2 Å². The first kappa shape index (κ1) is 24.4. The molecule has 0 aromatic carbocycles. The van der Waals surface area contributed by atoms with Gasteiger partial charge in [-0.2, -0.15) is 15.0 Å². The van der Waals surface area contributed by atoms with Crippen LogP contribution in [0, 0.1) is 5.92 Å². The van der Waals surface area contributed by atoms with Crippen LogP contribution in [-0.2, 0) is 19.0 Å². The summed E-state index contributed by atoms with van der Waals surface area (Å²) < 4.78 is 16.3. The predicted octanol–water partition coefficient (Wildman–Crippen LogP) is 3.31. The van der Waals surface area contributed by atoms with Gasteiger partial charge in [0.2, 0.25) is 17.8 Å². The summed E-state index contributed by atoms with van der Waals surface area (Å²) in [5.74, 6) is 2.27. The highest BCUT2D eigenvalue weighted by Crippen LogP contribution is 2.35. The summed E-state index contributed by atoms with van der Waals surface area (Å²) in [7, 11) is 3.16. The van der Waals surface area contributed by atoms with Crippen LogP contribution < -0.4 is 9.80 Å². The maximum absolute atomic E-state index is 12.2. The summed E-state index contributed by atoms with van der Waals surface area (Å²) >= 11 is 0. The Morgan fingerprint density at radius 2 is 1.67 bits per heavy atom. The van der Waals surface area contributed by atoms with E-state index >= 15 is 0 Å². The summed E-state index contributed by atoms with van der Waals surface area (Å²) in [5, 5.41) is 0. The van der Waals surface area contributed by atoms with Crippen LogP contribution in [0.15, 0.2) is 0 Å². The fourth-order valence-corrected chi connectivity index (χ4v) is 3.48. The Labute approximate surface area is 180 Å². The summed E-state index contributed by atoms with van der Waals surface area (Å²) in [6.07, 6.45) is 6.42. The van der Waals surface area contributed by atoms with Crippen molar-refractivity contribution in [2.24, 2.45) is 5.92 Å². The van der Waals surface area contributed by atoms with E-state index in [9.17, 15) is 4.79 Å². The van der Waals surface area contributed by atoms with E-state index in [4.69, 9.17) is 19.2 Å². The number of ether oxygens (including phenoxy) is 3. The number of rotatable bonds is 12. The average Bonchev–Trinajstić information content (AvgIpc) is 2.74. The minimum atomic E-state index is -0.185. The Bertz CT molecular complexity index is 652. The monoisotopic (exact) mass is 423 g/mol. The van der Waals surface area contributed by atoms with Gasteiger partial charge >= 0.3 is 0 Å². The van der Waals surface area contributed by atoms with E-state index in [2.05, 4.69) is 23.8 Å². The molecule has 9 nitrogen and oxygen atoms in total. The number of anilines is 2. The zero-order valence-corrected chi connectivity index (χ0v) is 19.1. The Hall–Kier alpha value is -1.84. The van der Waals surface area contributed by atoms with E-state index in [1.807, 2.05) is 4.90 Å². The van der Waals surface area contributed by atoms with E-state index < -0.39 is 0 Å². The van der Waals surface area contributed by atoms with Gasteiger partial charge in [0.05, 0.1) is 0 Å². The largest absolute Gasteiger partial charge is 0.364 e. The summed E-state index contributed by atoms with van der Waals surface area (Å²) in [6.45, 7) is 7.21. The van der Waals surface area contributed by atoms with Gasteiger partial charge in [0.25, 0.3) is 0 Å². The third-order valence-corrected chi connectivity index (χ3v) is 5.35. The van der Waals surface area contributed by atoms with Crippen molar-refractivity contribution < 1.29 is 19.0 Å². The number of hydrogen-bond acceptors (Lipinski definition) is 8. The van der Waals surface area contributed by atoms with Gasteiger partial charge in [-0.25, -0.2) is 0 Å². The maximum atomic E-state index is 12.2. The fraction of sp³-hybridized carbons (Fsp3) is 0.810. The van der Waals surface area contributed by atoms with Crippen molar-refractivity contribution >= 4 is 17.8 Å². The molecule has 0 saturated heterocycles. The number of amides is 1. The average molecular weight is 424 g/mol. The van der Waals surface area contributed by atoms with Gasteiger partial charge < -0.3 is 14.2 Å². The molecule has 1 fully saturated rings. The molecule has 0 radical (unpaired) electrons. The lowest BCUT2D eigenvalue weighted by Gasteiger charge is -2.28. The van der Waals surface area contributed by atoms with Gasteiger partial charge in [-0.3, -0.25) is 14.6 Å². The smallest absolute Gasteiger partial charge is 0.239 e. The molecule has 170 valence electrons. The first-order chi connectivity index (χ1) is 14.5. The van der Waals surface area contributed by atoms with Crippen LogP contribution in [-0.4, -0.2) is 61.9 Å².